The van der Waals surface area contributed by atoms with Crippen molar-refractivity contribution in [2.24, 2.45) is 5.92 Å². The van der Waals surface area contributed by atoms with Crippen molar-refractivity contribution in [2.45, 2.75) is 33.6 Å². The van der Waals surface area contributed by atoms with Gasteiger partial charge in [-0.05, 0) is 37.8 Å². The fourth-order valence-electron chi connectivity index (χ4n) is 1.42. The molecule has 0 fully saturated rings. The van der Waals surface area contributed by atoms with Crippen molar-refractivity contribution >= 4 is 5.91 Å². The first-order valence-corrected chi connectivity index (χ1v) is 5.80. The Balaban J connectivity index is 2.32. The van der Waals surface area contributed by atoms with Gasteiger partial charge in [0.2, 0.25) is 0 Å². The van der Waals surface area contributed by atoms with Crippen LogP contribution in [0.2, 0.25) is 0 Å². The molecule has 16 heavy (non-hydrogen) atoms. The number of carbonyl (C=O) groups excluding carboxylic acids is 1. The molecule has 1 heterocycles. The third-order valence-electron chi connectivity index (χ3n) is 2.42. The molecule has 0 spiro atoms. The highest BCUT2D eigenvalue weighted by atomic mass is 16.1. The number of aromatic nitrogens is 1. The summed E-state index contributed by atoms with van der Waals surface area (Å²) in [4.78, 5) is 15.7. The summed E-state index contributed by atoms with van der Waals surface area (Å²) in [5, 5.41) is 2.89. The van der Waals surface area contributed by atoms with E-state index in [1.807, 2.05) is 13.0 Å². The fraction of sp³-hybridized carbons (Fsp3) is 0.538. The average Bonchev–Trinajstić information content (AvgIpc) is 2.25. The van der Waals surface area contributed by atoms with Crippen LogP contribution in [0.5, 0.6) is 0 Å². The molecule has 1 amide bonds. The molecule has 0 unspecified atom stereocenters. The molecule has 1 rings (SSSR count). The molecule has 88 valence electrons. The van der Waals surface area contributed by atoms with Crippen molar-refractivity contribution in [3.63, 3.8) is 0 Å². The number of rotatable bonds is 5. The zero-order chi connectivity index (χ0) is 12.0. The van der Waals surface area contributed by atoms with E-state index in [-0.39, 0.29) is 5.91 Å². The number of nitrogens with zero attached hydrogens (tertiary/aromatic N) is 1. The summed E-state index contributed by atoms with van der Waals surface area (Å²) in [7, 11) is 0. The van der Waals surface area contributed by atoms with Crippen LogP contribution in [0.3, 0.4) is 0 Å². The summed E-state index contributed by atoms with van der Waals surface area (Å²) in [6, 6.07) is 3.66. The summed E-state index contributed by atoms with van der Waals surface area (Å²) in [5.74, 6) is 0.661. The minimum atomic E-state index is -0.0312. The summed E-state index contributed by atoms with van der Waals surface area (Å²) >= 11 is 0. The lowest BCUT2D eigenvalue weighted by atomic mass is 10.1. The van der Waals surface area contributed by atoms with Gasteiger partial charge in [0.1, 0.15) is 0 Å². The van der Waals surface area contributed by atoms with Crippen molar-refractivity contribution in [3.8, 4) is 0 Å². The average molecular weight is 220 g/mol. The maximum Gasteiger partial charge on any atom is 0.252 e. The van der Waals surface area contributed by atoms with Crippen molar-refractivity contribution < 1.29 is 4.79 Å². The number of amides is 1. The van der Waals surface area contributed by atoms with Gasteiger partial charge in [-0.25, -0.2) is 0 Å². The van der Waals surface area contributed by atoms with Crippen LogP contribution in [0, 0.1) is 12.8 Å². The quantitative estimate of drug-likeness (QED) is 0.775. The molecule has 0 atom stereocenters. The Morgan fingerprint density at radius 1 is 1.44 bits per heavy atom. The molecule has 1 N–H and O–H groups in total. The highest BCUT2D eigenvalue weighted by molar-refractivity contribution is 5.93. The van der Waals surface area contributed by atoms with E-state index in [0.29, 0.717) is 11.5 Å². The first-order chi connectivity index (χ1) is 7.59. The fourth-order valence-corrected chi connectivity index (χ4v) is 1.42. The zero-order valence-corrected chi connectivity index (χ0v) is 10.3. The smallest absolute Gasteiger partial charge is 0.252 e. The van der Waals surface area contributed by atoms with E-state index in [2.05, 4.69) is 24.1 Å². The first kappa shape index (κ1) is 12.7. The Hall–Kier alpha value is -1.38. The Morgan fingerprint density at radius 3 is 2.75 bits per heavy atom. The van der Waals surface area contributed by atoms with Crippen molar-refractivity contribution in [3.05, 3.63) is 29.6 Å². The van der Waals surface area contributed by atoms with Crippen LogP contribution in [0.4, 0.5) is 0 Å². The largest absolute Gasteiger partial charge is 0.352 e. The van der Waals surface area contributed by atoms with E-state index in [1.165, 1.54) is 0 Å². The van der Waals surface area contributed by atoms with Gasteiger partial charge in [-0.2, -0.15) is 0 Å². The van der Waals surface area contributed by atoms with Gasteiger partial charge in [0.25, 0.3) is 5.91 Å². The molecule has 3 heteroatoms. The van der Waals surface area contributed by atoms with E-state index in [9.17, 15) is 4.79 Å². The summed E-state index contributed by atoms with van der Waals surface area (Å²) in [6.45, 7) is 7.02. The Morgan fingerprint density at radius 2 is 2.19 bits per heavy atom. The van der Waals surface area contributed by atoms with Gasteiger partial charge in [0, 0.05) is 18.4 Å². The van der Waals surface area contributed by atoms with Crippen LogP contribution in [0.25, 0.3) is 0 Å². The Kier molecular flexibility index (Phi) is 4.96. The maximum absolute atomic E-state index is 11.6. The maximum atomic E-state index is 11.6. The Bertz CT molecular complexity index is 330. The number of aryl methyl sites for hydroxylation is 1. The highest BCUT2D eigenvalue weighted by Crippen LogP contribution is 2.03. The van der Waals surface area contributed by atoms with Gasteiger partial charge in [0.05, 0.1) is 5.56 Å². The monoisotopic (exact) mass is 220 g/mol. The minimum absolute atomic E-state index is 0.0312. The molecule has 3 nitrogen and oxygen atoms in total. The molecule has 0 aliphatic heterocycles. The number of pyridine rings is 1. The Labute approximate surface area is 97.3 Å². The molecule has 0 radical (unpaired) electrons. The molecule has 0 aliphatic carbocycles. The van der Waals surface area contributed by atoms with Crippen molar-refractivity contribution in [1.29, 1.82) is 0 Å². The predicted octanol–water partition coefficient (Wildman–Crippen LogP) is 2.56. The number of nitrogens with one attached hydrogen (secondary N) is 1. The second kappa shape index (κ2) is 6.26. The second-order valence-corrected chi connectivity index (χ2v) is 4.48. The molecular weight excluding hydrogens is 200 g/mol. The van der Waals surface area contributed by atoms with Crippen molar-refractivity contribution in [2.75, 3.05) is 6.54 Å². The molecular formula is C13H20N2O. The van der Waals surface area contributed by atoms with Crippen molar-refractivity contribution in [1.82, 2.24) is 10.3 Å². The summed E-state index contributed by atoms with van der Waals surface area (Å²) < 4.78 is 0. The number of carbonyl (C=O) groups is 1. The molecule has 0 saturated carbocycles. The third-order valence-corrected chi connectivity index (χ3v) is 2.42. The van der Waals surface area contributed by atoms with E-state index in [4.69, 9.17) is 0 Å². The third kappa shape index (κ3) is 4.43. The predicted molar refractivity (Wildman–Crippen MR) is 65.4 cm³/mol. The molecule has 0 aromatic carbocycles. The minimum Gasteiger partial charge on any atom is -0.352 e. The molecule has 1 aromatic rings. The molecule has 0 aliphatic rings. The number of hydrogen-bond donors (Lipinski definition) is 1. The molecule has 0 bridgehead atoms. The van der Waals surface area contributed by atoms with E-state index >= 15 is 0 Å². The lowest BCUT2D eigenvalue weighted by Crippen LogP contribution is -2.24. The van der Waals surface area contributed by atoms with Crippen LogP contribution >= 0.6 is 0 Å². The topological polar surface area (TPSA) is 42.0 Å². The van der Waals surface area contributed by atoms with Gasteiger partial charge < -0.3 is 5.32 Å². The first-order valence-electron chi connectivity index (χ1n) is 5.80. The van der Waals surface area contributed by atoms with Gasteiger partial charge in [-0.3, -0.25) is 9.78 Å². The van der Waals surface area contributed by atoms with Crippen LogP contribution < -0.4 is 5.32 Å². The normalized spacial score (nSPS) is 10.5. The highest BCUT2D eigenvalue weighted by Gasteiger charge is 2.04. The lowest BCUT2D eigenvalue weighted by molar-refractivity contribution is 0.0952. The summed E-state index contributed by atoms with van der Waals surface area (Å²) in [6.07, 6.45) is 3.79. The van der Waals surface area contributed by atoms with Gasteiger partial charge in [-0.15, -0.1) is 0 Å². The van der Waals surface area contributed by atoms with E-state index in [0.717, 1.165) is 25.1 Å². The summed E-state index contributed by atoms with van der Waals surface area (Å²) in [5.41, 5.74) is 1.56. The lowest BCUT2D eigenvalue weighted by Gasteiger charge is -2.06. The van der Waals surface area contributed by atoms with Gasteiger partial charge in [-0.1, -0.05) is 13.8 Å². The number of hydrogen-bond acceptors (Lipinski definition) is 2. The zero-order valence-electron chi connectivity index (χ0n) is 10.3. The van der Waals surface area contributed by atoms with Gasteiger partial charge >= 0.3 is 0 Å². The van der Waals surface area contributed by atoms with E-state index < -0.39 is 0 Å². The van der Waals surface area contributed by atoms with Crippen LogP contribution in [0.15, 0.2) is 18.3 Å². The molecule has 1 aromatic heterocycles. The SMILES string of the molecule is Cc1ccc(C(=O)NCCCC(C)C)cn1. The van der Waals surface area contributed by atoms with Crippen LogP contribution in [-0.4, -0.2) is 17.4 Å². The standard InChI is InChI=1S/C13H20N2O/c1-10(2)5-4-8-14-13(16)12-7-6-11(3)15-9-12/h6-7,9-10H,4-5,8H2,1-3H3,(H,14,16). The second-order valence-electron chi connectivity index (χ2n) is 4.48. The van der Waals surface area contributed by atoms with Gasteiger partial charge in [0.15, 0.2) is 0 Å². The van der Waals surface area contributed by atoms with Crippen LogP contribution in [0.1, 0.15) is 42.7 Å². The van der Waals surface area contributed by atoms with Crippen LogP contribution in [-0.2, 0) is 0 Å². The van der Waals surface area contributed by atoms with E-state index in [1.54, 1.807) is 12.3 Å². The molecule has 0 saturated heterocycles.